The number of rotatable bonds is 1. The molecular formula is C12H6ClF3N2. The Hall–Kier alpha value is -1.80. The first-order valence-corrected chi connectivity index (χ1v) is 5.29. The first-order valence-electron chi connectivity index (χ1n) is 4.91. The summed E-state index contributed by atoms with van der Waals surface area (Å²) in [6.45, 7) is 0. The minimum absolute atomic E-state index is 0.352. The van der Waals surface area contributed by atoms with E-state index < -0.39 is 17.4 Å². The standard InChI is InChI=1S/C12H6ClF3N2/c13-9-3-1-8(2-4-9)11(7-17)6-5-10(18-11)12(14,15)16/h1-6H. The largest absolute Gasteiger partial charge is 0.432 e. The quantitative estimate of drug-likeness (QED) is 0.767. The highest BCUT2D eigenvalue weighted by Crippen LogP contribution is 2.35. The van der Waals surface area contributed by atoms with Gasteiger partial charge in [0.05, 0.1) is 0 Å². The first kappa shape index (κ1) is 12.7. The maximum Gasteiger partial charge on any atom is 0.432 e. The summed E-state index contributed by atoms with van der Waals surface area (Å²) in [7, 11) is 0. The number of aliphatic imine (C=N–C) groups is 1. The molecule has 1 aromatic rings. The molecule has 2 nitrogen and oxygen atoms in total. The smallest absolute Gasteiger partial charge is 0.249 e. The van der Waals surface area contributed by atoms with Crippen molar-refractivity contribution in [2.45, 2.75) is 11.7 Å². The maximum absolute atomic E-state index is 12.5. The molecule has 0 saturated heterocycles. The van der Waals surface area contributed by atoms with Crippen molar-refractivity contribution in [1.29, 1.82) is 5.26 Å². The molecule has 0 radical (unpaired) electrons. The van der Waals surface area contributed by atoms with Crippen LogP contribution in [0.1, 0.15) is 5.56 Å². The second-order valence-corrected chi connectivity index (χ2v) is 4.15. The topological polar surface area (TPSA) is 36.1 Å². The van der Waals surface area contributed by atoms with E-state index >= 15 is 0 Å². The van der Waals surface area contributed by atoms with Gasteiger partial charge in [-0.25, -0.2) is 4.99 Å². The second-order valence-electron chi connectivity index (χ2n) is 3.71. The Bertz CT molecular complexity index is 566. The summed E-state index contributed by atoms with van der Waals surface area (Å²) in [4.78, 5) is 3.49. The molecule has 6 heteroatoms. The monoisotopic (exact) mass is 270 g/mol. The summed E-state index contributed by atoms with van der Waals surface area (Å²) in [6, 6.07) is 7.78. The van der Waals surface area contributed by atoms with Gasteiger partial charge in [-0.2, -0.15) is 18.4 Å². The zero-order chi connectivity index (χ0) is 13.4. The van der Waals surface area contributed by atoms with Gasteiger partial charge in [-0.15, -0.1) is 0 Å². The van der Waals surface area contributed by atoms with E-state index in [1.54, 1.807) is 6.07 Å². The minimum Gasteiger partial charge on any atom is -0.249 e. The highest BCUT2D eigenvalue weighted by Gasteiger charge is 2.42. The number of hydrogen-bond donors (Lipinski definition) is 0. The van der Waals surface area contributed by atoms with Gasteiger partial charge >= 0.3 is 6.18 Å². The van der Waals surface area contributed by atoms with E-state index in [9.17, 15) is 13.2 Å². The van der Waals surface area contributed by atoms with Crippen LogP contribution in [-0.4, -0.2) is 11.9 Å². The van der Waals surface area contributed by atoms with Crippen LogP contribution in [0.2, 0.25) is 5.02 Å². The van der Waals surface area contributed by atoms with Gasteiger partial charge in [-0.1, -0.05) is 23.7 Å². The van der Waals surface area contributed by atoms with E-state index in [4.69, 9.17) is 16.9 Å². The average molecular weight is 271 g/mol. The predicted octanol–water partition coefficient (Wildman–Crippen LogP) is 3.63. The molecule has 1 unspecified atom stereocenters. The van der Waals surface area contributed by atoms with E-state index in [0.717, 1.165) is 12.2 Å². The van der Waals surface area contributed by atoms with Crippen LogP contribution >= 0.6 is 11.6 Å². The molecule has 0 N–H and O–H groups in total. The second kappa shape index (κ2) is 4.14. The highest BCUT2D eigenvalue weighted by molar-refractivity contribution is 6.30. The lowest BCUT2D eigenvalue weighted by molar-refractivity contribution is -0.0578. The third-order valence-corrected chi connectivity index (χ3v) is 2.78. The van der Waals surface area contributed by atoms with Gasteiger partial charge in [0, 0.05) is 5.02 Å². The van der Waals surface area contributed by atoms with E-state index in [-0.39, 0.29) is 0 Å². The molecule has 92 valence electrons. The van der Waals surface area contributed by atoms with Crippen LogP contribution in [-0.2, 0) is 5.54 Å². The van der Waals surface area contributed by atoms with Gasteiger partial charge in [-0.3, -0.25) is 0 Å². The first-order chi connectivity index (χ1) is 8.37. The molecule has 0 spiro atoms. The summed E-state index contributed by atoms with van der Waals surface area (Å²) >= 11 is 5.69. The van der Waals surface area contributed by atoms with Crippen LogP contribution in [0.25, 0.3) is 0 Å². The maximum atomic E-state index is 12.5. The highest BCUT2D eigenvalue weighted by atomic mass is 35.5. The zero-order valence-corrected chi connectivity index (χ0v) is 9.63. The number of hydrogen-bond acceptors (Lipinski definition) is 2. The fourth-order valence-electron chi connectivity index (χ4n) is 1.61. The molecule has 0 aliphatic carbocycles. The van der Waals surface area contributed by atoms with Crippen LogP contribution in [0.4, 0.5) is 13.2 Å². The van der Waals surface area contributed by atoms with Crippen molar-refractivity contribution in [3.8, 4) is 6.07 Å². The van der Waals surface area contributed by atoms with Gasteiger partial charge in [0.25, 0.3) is 0 Å². The van der Waals surface area contributed by atoms with Crippen LogP contribution in [0.5, 0.6) is 0 Å². The van der Waals surface area contributed by atoms with Crippen LogP contribution in [0, 0.1) is 11.3 Å². The third kappa shape index (κ3) is 2.12. The van der Waals surface area contributed by atoms with Crippen molar-refractivity contribution in [3.05, 3.63) is 47.0 Å². The SMILES string of the molecule is N#CC1(c2ccc(Cl)cc2)C=CC(C(F)(F)F)=N1. The molecule has 2 rings (SSSR count). The Morgan fingerprint density at radius 2 is 1.83 bits per heavy atom. The van der Waals surface area contributed by atoms with Crippen molar-refractivity contribution < 1.29 is 13.2 Å². The van der Waals surface area contributed by atoms with Crippen molar-refractivity contribution in [1.82, 2.24) is 0 Å². The fraction of sp³-hybridized carbons (Fsp3) is 0.167. The Labute approximate surface area is 106 Å². The molecule has 1 heterocycles. The van der Waals surface area contributed by atoms with Crippen molar-refractivity contribution >= 4 is 17.3 Å². The third-order valence-electron chi connectivity index (χ3n) is 2.52. The summed E-state index contributed by atoms with van der Waals surface area (Å²) in [5, 5.41) is 9.55. The molecule has 0 aromatic heterocycles. The molecule has 1 aliphatic rings. The zero-order valence-electron chi connectivity index (χ0n) is 8.87. The normalized spacial score (nSPS) is 22.7. The molecule has 0 fully saturated rings. The summed E-state index contributed by atoms with van der Waals surface area (Å²) in [5.74, 6) is 0. The lowest BCUT2D eigenvalue weighted by atomic mass is 9.93. The lowest BCUT2D eigenvalue weighted by Crippen LogP contribution is -2.22. The van der Waals surface area contributed by atoms with Gasteiger partial charge in [-0.05, 0) is 29.8 Å². The molecule has 0 saturated carbocycles. The Kier molecular flexibility index (Phi) is 2.91. The number of nitriles is 1. The van der Waals surface area contributed by atoms with Crippen LogP contribution < -0.4 is 0 Å². The fourth-order valence-corrected chi connectivity index (χ4v) is 1.74. The van der Waals surface area contributed by atoms with Gasteiger partial charge < -0.3 is 0 Å². The molecule has 1 aromatic carbocycles. The van der Waals surface area contributed by atoms with Crippen molar-refractivity contribution in [2.75, 3.05) is 0 Å². The number of halogens is 4. The van der Waals surface area contributed by atoms with Crippen molar-refractivity contribution in [2.24, 2.45) is 4.99 Å². The van der Waals surface area contributed by atoms with Gasteiger partial charge in [0.15, 0.2) is 5.54 Å². The average Bonchev–Trinajstić information content (AvgIpc) is 2.75. The van der Waals surface area contributed by atoms with E-state index in [2.05, 4.69) is 4.99 Å². The number of alkyl halides is 3. The predicted molar refractivity (Wildman–Crippen MR) is 61.4 cm³/mol. The number of benzene rings is 1. The molecular weight excluding hydrogens is 265 g/mol. The van der Waals surface area contributed by atoms with Gasteiger partial charge in [0.2, 0.25) is 0 Å². The van der Waals surface area contributed by atoms with E-state index in [0.29, 0.717) is 10.6 Å². The van der Waals surface area contributed by atoms with Crippen LogP contribution in [0.15, 0.2) is 41.4 Å². The van der Waals surface area contributed by atoms with Crippen molar-refractivity contribution in [3.63, 3.8) is 0 Å². The van der Waals surface area contributed by atoms with E-state index in [1.807, 2.05) is 0 Å². The minimum atomic E-state index is -4.55. The Morgan fingerprint density at radius 3 is 2.28 bits per heavy atom. The summed E-state index contributed by atoms with van der Waals surface area (Å²) < 4.78 is 37.5. The Morgan fingerprint density at radius 1 is 1.22 bits per heavy atom. The number of allylic oxidation sites excluding steroid dienone is 1. The molecule has 0 bridgehead atoms. The molecule has 1 atom stereocenters. The van der Waals surface area contributed by atoms with E-state index in [1.165, 1.54) is 24.3 Å². The molecule has 1 aliphatic heterocycles. The number of nitrogens with zero attached hydrogens (tertiary/aromatic N) is 2. The lowest BCUT2D eigenvalue weighted by Gasteiger charge is -2.16. The summed E-state index contributed by atoms with van der Waals surface area (Å²) in [6.07, 6.45) is -2.60. The molecule has 0 amide bonds. The Balaban J connectivity index is 2.48. The van der Waals surface area contributed by atoms with Crippen LogP contribution in [0.3, 0.4) is 0 Å². The summed E-state index contributed by atoms with van der Waals surface area (Å²) in [5.41, 5.74) is -2.32. The van der Waals surface area contributed by atoms with Gasteiger partial charge in [0.1, 0.15) is 11.8 Å². The molecule has 18 heavy (non-hydrogen) atoms.